The monoisotopic (exact) mass is 141 g/mol. The molecule has 0 aromatic carbocycles. The molecule has 1 unspecified atom stereocenters. The molecule has 1 aromatic heterocycles. The van der Waals surface area contributed by atoms with Crippen molar-refractivity contribution in [1.29, 1.82) is 0 Å². The average Bonchev–Trinajstić information content (AvgIpc) is 2.33. The van der Waals surface area contributed by atoms with Gasteiger partial charge >= 0.3 is 5.62 Å². The maximum Gasteiger partial charge on any atom is 0.344 e. The van der Waals surface area contributed by atoms with Crippen LogP contribution in [0.3, 0.4) is 0 Å². The summed E-state index contributed by atoms with van der Waals surface area (Å²) in [5.74, 6) is 0. The van der Waals surface area contributed by atoms with E-state index in [4.69, 9.17) is 0 Å². The summed E-state index contributed by atoms with van der Waals surface area (Å²) in [5, 5.41) is 1.72. The van der Waals surface area contributed by atoms with Gasteiger partial charge < -0.3 is 0 Å². The van der Waals surface area contributed by atoms with Crippen LogP contribution in [-0.2, 0) is 4.79 Å². The van der Waals surface area contributed by atoms with Crippen LogP contribution in [0.25, 0.3) is 0 Å². The third-order valence-electron chi connectivity index (χ3n) is 0.978. The van der Waals surface area contributed by atoms with E-state index >= 15 is 0 Å². The SMILES string of the molecule is O=Cc1ccc[s+]1C=O. The zero-order valence-electron chi connectivity index (χ0n) is 4.61. The summed E-state index contributed by atoms with van der Waals surface area (Å²) in [5.41, 5.74) is 0.781. The van der Waals surface area contributed by atoms with E-state index in [-0.39, 0.29) is 0 Å². The highest BCUT2D eigenvalue weighted by Gasteiger charge is 2.08. The smallest absolute Gasteiger partial charge is 0.292 e. The summed E-state index contributed by atoms with van der Waals surface area (Å²) in [7, 11) is -0.540. The highest BCUT2D eigenvalue weighted by molar-refractivity contribution is 7.48. The van der Waals surface area contributed by atoms with Crippen molar-refractivity contribution < 1.29 is 9.59 Å². The third kappa shape index (κ3) is 1.05. The van der Waals surface area contributed by atoms with E-state index in [0.717, 1.165) is 11.9 Å². The van der Waals surface area contributed by atoms with Gasteiger partial charge in [-0.3, -0.25) is 4.79 Å². The van der Waals surface area contributed by atoms with Crippen molar-refractivity contribution in [2.45, 2.75) is 0 Å². The molecule has 3 heteroatoms. The largest absolute Gasteiger partial charge is 0.344 e. The lowest BCUT2D eigenvalue weighted by molar-refractivity contribution is 0.112. The van der Waals surface area contributed by atoms with Gasteiger partial charge in [0.1, 0.15) is 5.38 Å². The van der Waals surface area contributed by atoms with Gasteiger partial charge in [-0.15, -0.1) is 0 Å². The fourth-order valence-electron chi connectivity index (χ4n) is 0.558. The molecule has 0 saturated carbocycles. The average molecular weight is 141 g/mol. The van der Waals surface area contributed by atoms with Crippen molar-refractivity contribution in [2.24, 2.45) is 0 Å². The maximum atomic E-state index is 10.1. The number of rotatable bonds is 2. The summed E-state index contributed by atoms with van der Waals surface area (Å²) in [6, 6.07) is 3.38. The first-order valence-electron chi connectivity index (χ1n) is 2.39. The van der Waals surface area contributed by atoms with Crippen LogP contribution in [0.15, 0.2) is 17.5 Å². The van der Waals surface area contributed by atoms with Gasteiger partial charge in [0.05, 0.1) is 10.5 Å². The molecule has 0 radical (unpaired) electrons. The van der Waals surface area contributed by atoms with Gasteiger partial charge in [-0.1, -0.05) is 0 Å². The van der Waals surface area contributed by atoms with E-state index in [1.807, 2.05) is 0 Å². The first-order valence-corrected chi connectivity index (χ1v) is 3.74. The molecule has 0 amide bonds. The molecule has 0 bridgehead atoms. The molecule has 0 aliphatic rings. The Morgan fingerprint density at radius 2 is 2.22 bits per heavy atom. The molecular weight excluding hydrogens is 136 g/mol. The Kier molecular flexibility index (Phi) is 1.75. The Bertz CT molecular complexity index is 204. The first-order chi connectivity index (χ1) is 4.38. The van der Waals surface area contributed by atoms with Crippen LogP contribution >= 0.6 is 10.5 Å². The number of hydrogen-bond acceptors (Lipinski definition) is 2. The van der Waals surface area contributed by atoms with Gasteiger partial charge in [-0.2, -0.15) is 0 Å². The van der Waals surface area contributed by atoms with Crippen molar-refractivity contribution in [3.63, 3.8) is 0 Å². The fraction of sp³-hybridized carbons (Fsp3) is 0. The number of thiophene rings is 1. The summed E-state index contributed by atoms with van der Waals surface area (Å²) in [4.78, 5) is 20.8. The molecule has 0 saturated heterocycles. The quantitative estimate of drug-likeness (QED) is 0.459. The van der Waals surface area contributed by atoms with Crippen LogP contribution in [0.5, 0.6) is 0 Å². The lowest BCUT2D eigenvalue weighted by atomic mass is 10.5. The molecule has 0 spiro atoms. The molecule has 0 aliphatic heterocycles. The first kappa shape index (κ1) is 6.16. The number of aldehydes is 1. The second-order valence-corrected chi connectivity index (χ2v) is 3.16. The lowest BCUT2D eigenvalue weighted by Gasteiger charge is -1.68. The Labute approximate surface area is 55.1 Å². The predicted octanol–water partition coefficient (Wildman–Crippen LogP) is 1.29. The van der Waals surface area contributed by atoms with Crippen molar-refractivity contribution in [3.8, 4) is 0 Å². The Hall–Kier alpha value is -0.960. The van der Waals surface area contributed by atoms with E-state index in [0.29, 0.717) is 4.88 Å². The summed E-state index contributed by atoms with van der Waals surface area (Å²) < 4.78 is 0. The van der Waals surface area contributed by atoms with Crippen LogP contribution in [0, 0.1) is 0 Å². The molecule has 1 heterocycles. The van der Waals surface area contributed by atoms with E-state index in [1.165, 1.54) is 0 Å². The Balaban J connectivity index is 3.12. The van der Waals surface area contributed by atoms with Crippen molar-refractivity contribution in [3.05, 3.63) is 22.4 Å². The zero-order valence-corrected chi connectivity index (χ0v) is 5.43. The van der Waals surface area contributed by atoms with Gasteiger partial charge in [0.15, 0.2) is 0 Å². The minimum absolute atomic E-state index is 0.540. The molecule has 2 nitrogen and oxygen atoms in total. The maximum absolute atomic E-state index is 10.1. The van der Waals surface area contributed by atoms with Gasteiger partial charge in [-0.25, -0.2) is 4.79 Å². The van der Waals surface area contributed by atoms with Gasteiger partial charge in [0.2, 0.25) is 11.2 Å². The number of carbonyl (C=O) groups excluding carboxylic acids is 2. The predicted molar refractivity (Wildman–Crippen MR) is 36.5 cm³/mol. The topological polar surface area (TPSA) is 34.1 Å². The summed E-state index contributed by atoms with van der Waals surface area (Å²) >= 11 is 0. The highest BCUT2D eigenvalue weighted by Crippen LogP contribution is 2.18. The van der Waals surface area contributed by atoms with Crippen molar-refractivity contribution in [1.82, 2.24) is 0 Å². The fourth-order valence-corrected chi connectivity index (χ4v) is 1.49. The number of hydrogen-bond donors (Lipinski definition) is 0. The second kappa shape index (κ2) is 2.55. The van der Waals surface area contributed by atoms with Gasteiger partial charge in [0.25, 0.3) is 0 Å². The van der Waals surface area contributed by atoms with Crippen LogP contribution in [0.4, 0.5) is 0 Å². The molecular formula is C6H5O2S+. The normalized spacial score (nSPS) is 10.9. The Morgan fingerprint density at radius 1 is 1.44 bits per heavy atom. The van der Waals surface area contributed by atoms with Crippen LogP contribution in [0.1, 0.15) is 9.67 Å². The lowest BCUT2D eigenvalue weighted by Crippen LogP contribution is -1.71. The van der Waals surface area contributed by atoms with E-state index in [1.54, 1.807) is 17.5 Å². The van der Waals surface area contributed by atoms with E-state index in [2.05, 4.69) is 0 Å². The minimum Gasteiger partial charge on any atom is -0.292 e. The van der Waals surface area contributed by atoms with Gasteiger partial charge in [-0.05, 0) is 6.07 Å². The standard InChI is InChI=1S/C6H5O2S/c7-4-6-2-1-3-9(6)5-8/h1-5H/q+1. The molecule has 0 N–H and O–H groups in total. The molecule has 46 valence electrons. The van der Waals surface area contributed by atoms with Crippen LogP contribution in [0.2, 0.25) is 0 Å². The zero-order chi connectivity index (χ0) is 6.69. The summed E-state index contributed by atoms with van der Waals surface area (Å²) in [6.07, 6.45) is 0.720. The van der Waals surface area contributed by atoms with Gasteiger partial charge in [0, 0.05) is 6.07 Å². The van der Waals surface area contributed by atoms with E-state index in [9.17, 15) is 9.59 Å². The van der Waals surface area contributed by atoms with Crippen molar-refractivity contribution in [2.75, 3.05) is 0 Å². The molecule has 0 fully saturated rings. The summed E-state index contributed by atoms with van der Waals surface area (Å²) in [6.45, 7) is 0. The van der Waals surface area contributed by atoms with Crippen LogP contribution < -0.4 is 0 Å². The molecule has 1 rings (SSSR count). The second-order valence-electron chi connectivity index (χ2n) is 1.48. The molecule has 1 atom stereocenters. The molecule has 0 aliphatic carbocycles. The number of carbonyl (C=O) groups is 2. The van der Waals surface area contributed by atoms with E-state index < -0.39 is 10.5 Å². The molecule has 1 aromatic rings. The van der Waals surface area contributed by atoms with Crippen molar-refractivity contribution >= 4 is 22.4 Å². The van der Waals surface area contributed by atoms with Crippen LogP contribution in [-0.4, -0.2) is 11.9 Å². The third-order valence-corrected chi connectivity index (χ3v) is 2.41. The minimum atomic E-state index is -0.540. The highest BCUT2D eigenvalue weighted by atomic mass is 32.2. The Morgan fingerprint density at radius 3 is 2.67 bits per heavy atom. The molecule has 9 heavy (non-hydrogen) atoms.